The van der Waals surface area contributed by atoms with Crippen LogP contribution in [0.4, 0.5) is 0 Å². The van der Waals surface area contributed by atoms with Crippen molar-refractivity contribution < 1.29 is 0 Å². The van der Waals surface area contributed by atoms with Gasteiger partial charge in [-0.15, -0.1) is 0 Å². The lowest BCUT2D eigenvalue weighted by atomic mass is 10.1. The van der Waals surface area contributed by atoms with Crippen LogP contribution in [0, 0.1) is 5.92 Å². The summed E-state index contributed by atoms with van der Waals surface area (Å²) >= 11 is 1.88. The number of hydrogen-bond donors (Lipinski definition) is 1. The van der Waals surface area contributed by atoms with Gasteiger partial charge in [0.1, 0.15) is 0 Å². The second kappa shape index (κ2) is 5.12. The van der Waals surface area contributed by atoms with E-state index in [1.807, 2.05) is 11.8 Å². The van der Waals surface area contributed by atoms with E-state index in [2.05, 4.69) is 20.1 Å². The van der Waals surface area contributed by atoms with Crippen molar-refractivity contribution in [1.82, 2.24) is 0 Å². The molecule has 0 spiro atoms. The van der Waals surface area contributed by atoms with Gasteiger partial charge in [-0.3, -0.25) is 0 Å². The van der Waals surface area contributed by atoms with Crippen LogP contribution in [0.15, 0.2) is 0 Å². The van der Waals surface area contributed by atoms with Crippen LogP contribution in [0.5, 0.6) is 0 Å². The topological polar surface area (TPSA) is 26.0 Å². The molecule has 0 radical (unpaired) electrons. The van der Waals surface area contributed by atoms with Crippen molar-refractivity contribution in [2.75, 3.05) is 12.8 Å². The van der Waals surface area contributed by atoms with Crippen LogP contribution in [0.1, 0.15) is 20.3 Å². The smallest absolute Gasteiger partial charge is 0.0192 e. The maximum atomic E-state index is 5.54. The Labute approximate surface area is 62.4 Å². The highest BCUT2D eigenvalue weighted by molar-refractivity contribution is 7.99. The lowest BCUT2D eigenvalue weighted by molar-refractivity contribution is 0.539. The summed E-state index contributed by atoms with van der Waals surface area (Å²) in [5.41, 5.74) is 5.54. The van der Waals surface area contributed by atoms with E-state index in [1.54, 1.807) is 0 Å². The fourth-order valence-corrected chi connectivity index (χ4v) is 1.67. The van der Waals surface area contributed by atoms with E-state index in [4.69, 9.17) is 5.73 Å². The molecule has 9 heavy (non-hydrogen) atoms. The highest BCUT2D eigenvalue weighted by Crippen LogP contribution is 2.17. The average Bonchev–Trinajstić information content (AvgIpc) is 1.90. The molecule has 0 aliphatic heterocycles. The summed E-state index contributed by atoms with van der Waals surface area (Å²) in [4.78, 5) is 0. The Bertz CT molecular complexity index is 61.9. The fraction of sp³-hybridized carbons (Fsp3) is 1.00. The molecule has 0 aliphatic carbocycles. The molecule has 56 valence electrons. The monoisotopic (exact) mass is 147 g/mol. The predicted octanol–water partition coefficient (Wildman–Crippen LogP) is 1.72. The minimum Gasteiger partial charge on any atom is -0.329 e. The van der Waals surface area contributed by atoms with Crippen LogP contribution in [-0.4, -0.2) is 18.1 Å². The molecule has 0 rings (SSSR count). The Hall–Kier alpha value is 0.310. The minimum absolute atomic E-state index is 0.662. The molecule has 0 fully saturated rings. The van der Waals surface area contributed by atoms with Crippen molar-refractivity contribution in [3.8, 4) is 0 Å². The third-order valence-corrected chi connectivity index (χ3v) is 3.08. The van der Waals surface area contributed by atoms with E-state index >= 15 is 0 Å². The maximum Gasteiger partial charge on any atom is 0.0192 e. The van der Waals surface area contributed by atoms with Crippen molar-refractivity contribution in [3.05, 3.63) is 0 Å². The van der Waals surface area contributed by atoms with Gasteiger partial charge in [0.25, 0.3) is 0 Å². The van der Waals surface area contributed by atoms with E-state index in [0.717, 1.165) is 12.5 Å². The van der Waals surface area contributed by atoms with Gasteiger partial charge in [-0.05, 0) is 12.2 Å². The van der Waals surface area contributed by atoms with Gasteiger partial charge in [-0.25, -0.2) is 0 Å². The largest absolute Gasteiger partial charge is 0.329 e. The van der Waals surface area contributed by atoms with Gasteiger partial charge >= 0.3 is 0 Å². The maximum absolute atomic E-state index is 5.54. The third-order valence-electron chi connectivity index (χ3n) is 1.81. The highest BCUT2D eigenvalue weighted by atomic mass is 32.2. The van der Waals surface area contributed by atoms with Crippen molar-refractivity contribution in [2.24, 2.45) is 11.7 Å². The Balaban J connectivity index is 3.50. The molecule has 2 N–H and O–H groups in total. The van der Waals surface area contributed by atoms with E-state index in [1.165, 1.54) is 6.42 Å². The van der Waals surface area contributed by atoms with Crippen LogP contribution in [0.3, 0.4) is 0 Å². The van der Waals surface area contributed by atoms with Crippen LogP contribution in [0.25, 0.3) is 0 Å². The zero-order valence-corrected chi connectivity index (χ0v) is 7.37. The number of hydrogen-bond acceptors (Lipinski definition) is 2. The molecule has 0 aromatic rings. The van der Waals surface area contributed by atoms with Crippen molar-refractivity contribution in [1.29, 1.82) is 0 Å². The molecule has 0 aromatic carbocycles. The summed E-state index contributed by atoms with van der Waals surface area (Å²) < 4.78 is 0. The van der Waals surface area contributed by atoms with Crippen molar-refractivity contribution in [2.45, 2.75) is 25.5 Å². The van der Waals surface area contributed by atoms with E-state index in [9.17, 15) is 0 Å². The number of nitrogens with two attached hydrogens (primary N) is 1. The zero-order chi connectivity index (χ0) is 7.28. The van der Waals surface area contributed by atoms with E-state index in [0.29, 0.717) is 5.25 Å². The van der Waals surface area contributed by atoms with Crippen LogP contribution >= 0.6 is 11.8 Å². The van der Waals surface area contributed by atoms with Gasteiger partial charge in [0.15, 0.2) is 0 Å². The molecular formula is C7H17NS. The quantitative estimate of drug-likeness (QED) is 0.655. The number of rotatable bonds is 4. The molecule has 2 unspecified atom stereocenters. The fourth-order valence-electron chi connectivity index (χ4n) is 0.824. The average molecular weight is 147 g/mol. The highest BCUT2D eigenvalue weighted by Gasteiger charge is 2.10. The van der Waals surface area contributed by atoms with Crippen molar-refractivity contribution >= 4 is 11.8 Å². The zero-order valence-electron chi connectivity index (χ0n) is 6.55. The van der Waals surface area contributed by atoms with Gasteiger partial charge in [0, 0.05) is 11.8 Å². The first-order valence-electron chi connectivity index (χ1n) is 3.49. The normalized spacial score (nSPS) is 17.3. The summed E-state index contributed by atoms with van der Waals surface area (Å²) in [7, 11) is 0. The second-order valence-electron chi connectivity index (χ2n) is 2.40. The van der Waals surface area contributed by atoms with Crippen LogP contribution in [-0.2, 0) is 0 Å². The summed E-state index contributed by atoms with van der Waals surface area (Å²) in [6.45, 7) is 5.29. The van der Waals surface area contributed by atoms with Crippen molar-refractivity contribution in [3.63, 3.8) is 0 Å². The molecule has 2 heteroatoms. The Morgan fingerprint density at radius 1 is 1.56 bits per heavy atom. The molecule has 0 heterocycles. The molecular weight excluding hydrogens is 130 g/mol. The molecule has 1 nitrogen and oxygen atoms in total. The Morgan fingerprint density at radius 2 is 2.11 bits per heavy atom. The van der Waals surface area contributed by atoms with E-state index < -0.39 is 0 Å². The van der Waals surface area contributed by atoms with Crippen LogP contribution < -0.4 is 5.73 Å². The van der Waals surface area contributed by atoms with Gasteiger partial charge < -0.3 is 5.73 Å². The lowest BCUT2D eigenvalue weighted by Gasteiger charge is -2.17. The van der Waals surface area contributed by atoms with Gasteiger partial charge in [0.05, 0.1) is 0 Å². The summed E-state index contributed by atoms with van der Waals surface area (Å²) in [5.74, 6) is 0.769. The number of thioether (sulfide) groups is 1. The molecule has 0 saturated carbocycles. The lowest BCUT2D eigenvalue weighted by Crippen LogP contribution is -2.23. The van der Waals surface area contributed by atoms with Gasteiger partial charge in [-0.1, -0.05) is 20.3 Å². The first kappa shape index (κ1) is 9.31. The predicted molar refractivity (Wildman–Crippen MR) is 45.8 cm³/mol. The Kier molecular flexibility index (Phi) is 5.30. The van der Waals surface area contributed by atoms with Crippen LogP contribution in [0.2, 0.25) is 0 Å². The summed E-state index contributed by atoms with van der Waals surface area (Å²) in [5, 5.41) is 0.662. The van der Waals surface area contributed by atoms with Gasteiger partial charge in [-0.2, -0.15) is 11.8 Å². The summed E-state index contributed by atoms with van der Waals surface area (Å²) in [6.07, 6.45) is 3.37. The molecule has 0 amide bonds. The van der Waals surface area contributed by atoms with E-state index in [-0.39, 0.29) is 0 Å². The summed E-state index contributed by atoms with van der Waals surface area (Å²) in [6, 6.07) is 0. The first-order valence-corrected chi connectivity index (χ1v) is 4.77. The standard InChI is InChI=1S/C7H17NS/c1-4-6(2)7(5-8)9-3/h6-7H,4-5,8H2,1-3H3. The third kappa shape index (κ3) is 3.11. The molecule has 0 aliphatic rings. The molecule has 0 aromatic heterocycles. The first-order chi connectivity index (χ1) is 4.26. The minimum atomic E-state index is 0.662. The molecule has 0 saturated heterocycles. The second-order valence-corrected chi connectivity index (χ2v) is 3.47. The van der Waals surface area contributed by atoms with Gasteiger partial charge in [0.2, 0.25) is 0 Å². The SMILES string of the molecule is CCC(C)C(CN)SC. The molecule has 2 atom stereocenters. The Morgan fingerprint density at radius 3 is 2.22 bits per heavy atom. The molecule has 0 bridgehead atoms.